The molecule has 1 atom stereocenters. The molecule has 180 valence electrons. The number of ketones is 1. The first-order chi connectivity index (χ1) is 16.5. The minimum absolute atomic E-state index is 0.129. The van der Waals surface area contributed by atoms with Gasteiger partial charge in [-0.15, -0.1) is 0 Å². The molecule has 0 unspecified atom stereocenters. The molecule has 0 aromatic heterocycles. The summed E-state index contributed by atoms with van der Waals surface area (Å²) in [4.78, 5) is 30.2. The van der Waals surface area contributed by atoms with Crippen molar-refractivity contribution in [3.8, 4) is 5.75 Å². The highest BCUT2D eigenvalue weighted by Crippen LogP contribution is 2.40. The molecule has 0 radical (unpaired) electrons. The van der Waals surface area contributed by atoms with Crippen LogP contribution in [0.15, 0.2) is 54.1 Å². The molecule has 0 bridgehead atoms. The lowest BCUT2D eigenvalue weighted by molar-refractivity contribution is -0.140. The SMILES string of the molecule is CCOc1ccc([C@@H]2/C(=C(\O)c3ccc(C)cc3)C(=O)C(=O)N2CCCN2CCOCC2)cc1. The Balaban J connectivity index is 1.66. The molecule has 0 aliphatic carbocycles. The molecular weight excluding hydrogens is 432 g/mol. The van der Waals surface area contributed by atoms with E-state index in [1.54, 1.807) is 17.0 Å². The number of rotatable bonds is 8. The zero-order valence-electron chi connectivity index (χ0n) is 19.8. The third kappa shape index (κ3) is 5.16. The van der Waals surface area contributed by atoms with Gasteiger partial charge in [0, 0.05) is 31.7 Å². The second-order valence-corrected chi connectivity index (χ2v) is 8.67. The van der Waals surface area contributed by atoms with E-state index in [1.165, 1.54) is 0 Å². The summed E-state index contributed by atoms with van der Waals surface area (Å²) in [7, 11) is 0. The van der Waals surface area contributed by atoms with Crippen molar-refractivity contribution in [2.24, 2.45) is 0 Å². The van der Waals surface area contributed by atoms with Crippen LogP contribution >= 0.6 is 0 Å². The molecule has 2 aromatic rings. The molecule has 4 rings (SSSR count). The summed E-state index contributed by atoms with van der Waals surface area (Å²) in [6.45, 7) is 8.83. The van der Waals surface area contributed by atoms with Gasteiger partial charge in [-0.2, -0.15) is 0 Å². The third-order valence-electron chi connectivity index (χ3n) is 6.35. The summed E-state index contributed by atoms with van der Waals surface area (Å²) >= 11 is 0. The number of likely N-dealkylation sites (tertiary alicyclic amines) is 1. The van der Waals surface area contributed by atoms with Crippen molar-refractivity contribution < 1.29 is 24.2 Å². The van der Waals surface area contributed by atoms with Crippen LogP contribution in [0, 0.1) is 6.92 Å². The van der Waals surface area contributed by atoms with E-state index in [2.05, 4.69) is 4.90 Å². The first kappa shape index (κ1) is 24.0. The van der Waals surface area contributed by atoms with Gasteiger partial charge in [-0.1, -0.05) is 42.0 Å². The minimum Gasteiger partial charge on any atom is -0.507 e. The Morgan fingerprint density at radius 2 is 1.71 bits per heavy atom. The van der Waals surface area contributed by atoms with E-state index in [1.807, 2.05) is 50.2 Å². The first-order valence-corrected chi connectivity index (χ1v) is 11.9. The predicted octanol–water partition coefficient (Wildman–Crippen LogP) is 3.54. The number of hydrogen-bond donors (Lipinski definition) is 1. The highest BCUT2D eigenvalue weighted by atomic mass is 16.5. The van der Waals surface area contributed by atoms with Crippen LogP contribution in [-0.2, 0) is 14.3 Å². The van der Waals surface area contributed by atoms with Gasteiger partial charge < -0.3 is 19.5 Å². The number of aryl methyl sites for hydroxylation is 1. The van der Waals surface area contributed by atoms with Crippen LogP contribution in [0.2, 0.25) is 0 Å². The van der Waals surface area contributed by atoms with Crippen LogP contribution in [0.25, 0.3) is 5.76 Å². The molecule has 2 fully saturated rings. The number of ether oxygens (including phenoxy) is 2. The van der Waals surface area contributed by atoms with Crippen molar-refractivity contribution >= 4 is 17.4 Å². The Hall–Kier alpha value is -3.16. The monoisotopic (exact) mass is 464 g/mol. The first-order valence-electron chi connectivity index (χ1n) is 11.9. The van der Waals surface area contributed by atoms with Gasteiger partial charge in [-0.25, -0.2) is 0 Å². The van der Waals surface area contributed by atoms with Crippen molar-refractivity contribution in [2.45, 2.75) is 26.3 Å². The molecule has 7 heteroatoms. The molecule has 0 spiro atoms. The number of amides is 1. The highest BCUT2D eigenvalue weighted by Gasteiger charge is 2.45. The number of carbonyl (C=O) groups is 2. The molecule has 2 saturated heterocycles. The quantitative estimate of drug-likeness (QED) is 0.366. The van der Waals surface area contributed by atoms with Gasteiger partial charge in [0.05, 0.1) is 31.4 Å². The van der Waals surface area contributed by atoms with E-state index >= 15 is 0 Å². The molecule has 2 aromatic carbocycles. The fraction of sp³-hybridized carbons (Fsp3) is 0.407. The summed E-state index contributed by atoms with van der Waals surface area (Å²) < 4.78 is 11.0. The molecule has 7 nitrogen and oxygen atoms in total. The van der Waals surface area contributed by atoms with Gasteiger partial charge in [0.15, 0.2) is 0 Å². The van der Waals surface area contributed by atoms with Gasteiger partial charge in [0.1, 0.15) is 11.5 Å². The Morgan fingerprint density at radius 3 is 2.35 bits per heavy atom. The number of carbonyl (C=O) groups excluding carboxylic acids is 2. The van der Waals surface area contributed by atoms with Crippen molar-refractivity contribution in [2.75, 3.05) is 46.0 Å². The molecular formula is C27H32N2O5. The Morgan fingerprint density at radius 1 is 1.03 bits per heavy atom. The summed E-state index contributed by atoms with van der Waals surface area (Å²) in [5.74, 6) is -0.653. The van der Waals surface area contributed by atoms with E-state index in [4.69, 9.17) is 9.47 Å². The normalized spacial score (nSPS) is 20.6. The maximum atomic E-state index is 13.2. The zero-order valence-corrected chi connectivity index (χ0v) is 19.8. The van der Waals surface area contributed by atoms with Crippen LogP contribution in [0.4, 0.5) is 0 Å². The maximum absolute atomic E-state index is 13.2. The molecule has 2 aliphatic heterocycles. The van der Waals surface area contributed by atoms with Crippen molar-refractivity contribution in [1.29, 1.82) is 0 Å². The van der Waals surface area contributed by atoms with Crippen LogP contribution in [-0.4, -0.2) is 72.6 Å². The van der Waals surface area contributed by atoms with Gasteiger partial charge in [-0.05, 0) is 38.0 Å². The second-order valence-electron chi connectivity index (χ2n) is 8.67. The average molecular weight is 465 g/mol. The van der Waals surface area contributed by atoms with Crippen LogP contribution in [0.5, 0.6) is 5.75 Å². The molecule has 1 N–H and O–H groups in total. The Kier molecular flexibility index (Phi) is 7.65. The standard InChI is InChI=1S/C27H32N2O5/c1-3-34-22-11-9-20(10-12-22)24-23(25(30)21-7-5-19(2)6-8-21)26(31)27(32)29(24)14-4-13-28-15-17-33-18-16-28/h5-12,24,30H,3-4,13-18H2,1-2H3/b25-23+/t24-/m1/s1. The average Bonchev–Trinajstić information content (AvgIpc) is 3.10. The van der Waals surface area contributed by atoms with E-state index < -0.39 is 17.7 Å². The Labute approximate surface area is 200 Å². The van der Waals surface area contributed by atoms with Gasteiger partial charge >= 0.3 is 0 Å². The lowest BCUT2D eigenvalue weighted by Crippen LogP contribution is -2.38. The van der Waals surface area contributed by atoms with E-state index in [-0.39, 0.29) is 11.3 Å². The molecule has 34 heavy (non-hydrogen) atoms. The van der Waals surface area contributed by atoms with Crippen molar-refractivity contribution in [3.05, 3.63) is 70.8 Å². The number of Topliss-reactive ketones (excluding diaryl/α,β-unsaturated/α-hetero) is 1. The van der Waals surface area contributed by atoms with E-state index in [0.29, 0.717) is 37.7 Å². The summed E-state index contributed by atoms with van der Waals surface area (Å²) in [6.07, 6.45) is 0.727. The van der Waals surface area contributed by atoms with Crippen LogP contribution in [0.3, 0.4) is 0 Å². The van der Waals surface area contributed by atoms with Gasteiger partial charge in [-0.3, -0.25) is 14.5 Å². The molecule has 0 saturated carbocycles. The minimum atomic E-state index is -0.651. The largest absolute Gasteiger partial charge is 0.507 e. The fourth-order valence-corrected chi connectivity index (χ4v) is 4.53. The molecule has 2 heterocycles. The lowest BCUT2D eigenvalue weighted by atomic mass is 9.95. The number of aliphatic hydroxyl groups is 1. The second kappa shape index (κ2) is 10.8. The molecule has 1 amide bonds. The van der Waals surface area contributed by atoms with Crippen LogP contribution in [0.1, 0.15) is 36.1 Å². The predicted molar refractivity (Wildman–Crippen MR) is 130 cm³/mol. The third-order valence-corrected chi connectivity index (χ3v) is 6.35. The number of nitrogens with zero attached hydrogens (tertiary/aromatic N) is 2. The topological polar surface area (TPSA) is 79.3 Å². The number of hydrogen-bond acceptors (Lipinski definition) is 6. The number of morpholine rings is 1. The van der Waals surface area contributed by atoms with Crippen LogP contribution < -0.4 is 4.74 Å². The fourth-order valence-electron chi connectivity index (χ4n) is 4.53. The van der Waals surface area contributed by atoms with Crippen molar-refractivity contribution in [1.82, 2.24) is 9.80 Å². The number of aliphatic hydroxyl groups excluding tert-OH is 1. The van der Waals surface area contributed by atoms with Gasteiger partial charge in [0.2, 0.25) is 0 Å². The highest BCUT2D eigenvalue weighted by molar-refractivity contribution is 6.46. The molecule has 2 aliphatic rings. The zero-order chi connectivity index (χ0) is 24.1. The lowest BCUT2D eigenvalue weighted by Gasteiger charge is -2.29. The maximum Gasteiger partial charge on any atom is 0.295 e. The summed E-state index contributed by atoms with van der Waals surface area (Å²) in [5.41, 5.74) is 2.46. The summed E-state index contributed by atoms with van der Waals surface area (Å²) in [5, 5.41) is 11.2. The number of benzene rings is 2. The summed E-state index contributed by atoms with van der Waals surface area (Å²) in [6, 6.07) is 14.0. The smallest absolute Gasteiger partial charge is 0.295 e. The van der Waals surface area contributed by atoms with E-state index in [0.717, 1.165) is 37.2 Å². The Bertz CT molecular complexity index is 1040. The van der Waals surface area contributed by atoms with Crippen molar-refractivity contribution in [3.63, 3.8) is 0 Å². The van der Waals surface area contributed by atoms with Gasteiger partial charge in [0.25, 0.3) is 11.7 Å². The van der Waals surface area contributed by atoms with E-state index in [9.17, 15) is 14.7 Å².